The van der Waals surface area contributed by atoms with Crippen molar-refractivity contribution in [3.63, 3.8) is 0 Å². The molecule has 1 aromatic rings. The zero-order chi connectivity index (χ0) is 12.4. The van der Waals surface area contributed by atoms with Crippen LogP contribution in [0.3, 0.4) is 0 Å². The standard InChI is InChI=1S/C16H24N2/c1-13-11-17-16(14-7-3-2-4-8-14)12-18(13)15-9-5-6-10-15/h2-4,7-8,13,15-17H,5-6,9-12H2,1H3. The van der Waals surface area contributed by atoms with Crippen LogP contribution in [0.25, 0.3) is 0 Å². The Kier molecular flexibility index (Phi) is 3.67. The fraction of sp³-hybridized carbons (Fsp3) is 0.625. The minimum atomic E-state index is 0.517. The summed E-state index contributed by atoms with van der Waals surface area (Å²) in [5.74, 6) is 0. The van der Waals surface area contributed by atoms with Crippen LogP contribution in [0.2, 0.25) is 0 Å². The summed E-state index contributed by atoms with van der Waals surface area (Å²) in [7, 11) is 0. The highest BCUT2D eigenvalue weighted by atomic mass is 15.3. The fourth-order valence-electron chi connectivity index (χ4n) is 3.54. The average Bonchev–Trinajstić information content (AvgIpc) is 2.94. The van der Waals surface area contributed by atoms with Gasteiger partial charge in [0.1, 0.15) is 0 Å². The van der Waals surface area contributed by atoms with E-state index in [1.54, 1.807) is 0 Å². The van der Waals surface area contributed by atoms with Crippen molar-refractivity contribution in [2.45, 2.75) is 50.7 Å². The van der Waals surface area contributed by atoms with Gasteiger partial charge in [0.15, 0.2) is 0 Å². The average molecular weight is 244 g/mol. The highest BCUT2D eigenvalue weighted by molar-refractivity contribution is 5.20. The van der Waals surface area contributed by atoms with Crippen molar-refractivity contribution in [1.82, 2.24) is 10.2 Å². The van der Waals surface area contributed by atoms with E-state index in [1.165, 1.54) is 37.8 Å². The molecular formula is C16H24N2. The van der Waals surface area contributed by atoms with Crippen molar-refractivity contribution in [2.24, 2.45) is 0 Å². The second kappa shape index (κ2) is 5.41. The first kappa shape index (κ1) is 12.2. The smallest absolute Gasteiger partial charge is 0.0450 e. The number of nitrogens with zero attached hydrogens (tertiary/aromatic N) is 1. The largest absolute Gasteiger partial charge is 0.307 e. The highest BCUT2D eigenvalue weighted by Gasteiger charge is 2.32. The van der Waals surface area contributed by atoms with Gasteiger partial charge in [-0.2, -0.15) is 0 Å². The molecule has 1 heterocycles. The van der Waals surface area contributed by atoms with Gasteiger partial charge in [-0.3, -0.25) is 4.90 Å². The van der Waals surface area contributed by atoms with E-state index >= 15 is 0 Å². The first-order valence-corrected chi connectivity index (χ1v) is 7.38. The maximum absolute atomic E-state index is 3.70. The van der Waals surface area contributed by atoms with Crippen molar-refractivity contribution >= 4 is 0 Å². The molecule has 2 nitrogen and oxygen atoms in total. The summed E-state index contributed by atoms with van der Waals surface area (Å²) in [6, 6.07) is 12.9. The third kappa shape index (κ3) is 2.45. The molecule has 2 aliphatic rings. The molecule has 0 aromatic heterocycles. The van der Waals surface area contributed by atoms with Gasteiger partial charge in [0.05, 0.1) is 0 Å². The topological polar surface area (TPSA) is 15.3 Å². The molecule has 2 fully saturated rings. The molecule has 98 valence electrons. The number of benzene rings is 1. The Labute approximate surface area is 110 Å². The van der Waals surface area contributed by atoms with Crippen LogP contribution in [-0.4, -0.2) is 30.1 Å². The van der Waals surface area contributed by atoms with E-state index in [9.17, 15) is 0 Å². The van der Waals surface area contributed by atoms with E-state index in [1.807, 2.05) is 0 Å². The summed E-state index contributed by atoms with van der Waals surface area (Å²) in [5.41, 5.74) is 1.44. The van der Waals surface area contributed by atoms with Gasteiger partial charge in [-0.25, -0.2) is 0 Å². The van der Waals surface area contributed by atoms with Gasteiger partial charge in [0.25, 0.3) is 0 Å². The van der Waals surface area contributed by atoms with Gasteiger partial charge < -0.3 is 5.32 Å². The minimum absolute atomic E-state index is 0.517. The lowest BCUT2D eigenvalue weighted by atomic mass is 10.00. The summed E-state index contributed by atoms with van der Waals surface area (Å²) < 4.78 is 0. The second-order valence-electron chi connectivity index (χ2n) is 5.86. The van der Waals surface area contributed by atoms with Gasteiger partial charge in [0, 0.05) is 31.2 Å². The predicted octanol–water partition coefficient (Wildman–Crippen LogP) is 2.96. The molecule has 0 radical (unpaired) electrons. The molecule has 1 aliphatic heterocycles. The molecule has 2 heteroatoms. The summed E-state index contributed by atoms with van der Waals surface area (Å²) in [6.45, 7) is 4.67. The molecule has 0 bridgehead atoms. The third-order valence-electron chi connectivity index (χ3n) is 4.61. The van der Waals surface area contributed by atoms with Crippen LogP contribution in [0.15, 0.2) is 30.3 Å². The van der Waals surface area contributed by atoms with E-state index in [-0.39, 0.29) is 0 Å². The predicted molar refractivity (Wildman–Crippen MR) is 75.6 cm³/mol. The van der Waals surface area contributed by atoms with E-state index in [4.69, 9.17) is 0 Å². The minimum Gasteiger partial charge on any atom is -0.307 e. The van der Waals surface area contributed by atoms with Crippen molar-refractivity contribution in [2.75, 3.05) is 13.1 Å². The number of hydrogen-bond acceptors (Lipinski definition) is 2. The van der Waals surface area contributed by atoms with Crippen LogP contribution in [-0.2, 0) is 0 Å². The zero-order valence-electron chi connectivity index (χ0n) is 11.3. The summed E-state index contributed by atoms with van der Waals surface area (Å²) in [6.07, 6.45) is 5.67. The Morgan fingerprint density at radius 3 is 2.56 bits per heavy atom. The molecule has 0 amide bonds. The maximum atomic E-state index is 3.70. The van der Waals surface area contributed by atoms with E-state index in [0.717, 1.165) is 12.6 Å². The quantitative estimate of drug-likeness (QED) is 0.860. The van der Waals surface area contributed by atoms with Crippen molar-refractivity contribution in [1.29, 1.82) is 0 Å². The number of hydrogen-bond donors (Lipinski definition) is 1. The normalized spacial score (nSPS) is 30.7. The zero-order valence-corrected chi connectivity index (χ0v) is 11.3. The lowest BCUT2D eigenvalue weighted by Crippen LogP contribution is -2.54. The van der Waals surface area contributed by atoms with Crippen LogP contribution in [0.5, 0.6) is 0 Å². The van der Waals surface area contributed by atoms with E-state index in [2.05, 4.69) is 47.5 Å². The number of rotatable bonds is 2. The van der Waals surface area contributed by atoms with Crippen LogP contribution in [0.4, 0.5) is 0 Å². The summed E-state index contributed by atoms with van der Waals surface area (Å²) >= 11 is 0. The molecule has 1 saturated heterocycles. The van der Waals surface area contributed by atoms with Gasteiger partial charge in [-0.05, 0) is 25.3 Å². The summed E-state index contributed by atoms with van der Waals surface area (Å²) in [4.78, 5) is 2.75. The molecule has 1 aliphatic carbocycles. The van der Waals surface area contributed by atoms with E-state index in [0.29, 0.717) is 12.1 Å². The first-order chi connectivity index (χ1) is 8.84. The fourth-order valence-corrected chi connectivity index (χ4v) is 3.54. The highest BCUT2D eigenvalue weighted by Crippen LogP contribution is 2.29. The Morgan fingerprint density at radius 1 is 1.11 bits per heavy atom. The molecular weight excluding hydrogens is 220 g/mol. The molecule has 1 N–H and O–H groups in total. The second-order valence-corrected chi connectivity index (χ2v) is 5.86. The van der Waals surface area contributed by atoms with Crippen LogP contribution < -0.4 is 5.32 Å². The number of piperazine rings is 1. The van der Waals surface area contributed by atoms with Gasteiger partial charge in [0.2, 0.25) is 0 Å². The van der Waals surface area contributed by atoms with Gasteiger partial charge in [-0.1, -0.05) is 43.2 Å². The van der Waals surface area contributed by atoms with Crippen LogP contribution in [0, 0.1) is 0 Å². The third-order valence-corrected chi connectivity index (χ3v) is 4.61. The molecule has 18 heavy (non-hydrogen) atoms. The molecule has 2 unspecified atom stereocenters. The van der Waals surface area contributed by atoms with Gasteiger partial charge in [-0.15, -0.1) is 0 Å². The summed E-state index contributed by atoms with van der Waals surface area (Å²) in [5, 5.41) is 3.70. The van der Waals surface area contributed by atoms with Crippen molar-refractivity contribution in [3.8, 4) is 0 Å². The molecule has 1 aromatic carbocycles. The number of nitrogens with one attached hydrogen (secondary N) is 1. The molecule has 2 atom stereocenters. The lowest BCUT2D eigenvalue weighted by molar-refractivity contribution is 0.0931. The monoisotopic (exact) mass is 244 g/mol. The van der Waals surface area contributed by atoms with Gasteiger partial charge >= 0.3 is 0 Å². The molecule has 1 saturated carbocycles. The van der Waals surface area contributed by atoms with Crippen LogP contribution in [0.1, 0.15) is 44.2 Å². The Bertz CT molecular complexity index is 370. The van der Waals surface area contributed by atoms with Crippen LogP contribution >= 0.6 is 0 Å². The van der Waals surface area contributed by atoms with E-state index < -0.39 is 0 Å². The maximum Gasteiger partial charge on any atom is 0.0450 e. The van der Waals surface area contributed by atoms with Crippen molar-refractivity contribution in [3.05, 3.63) is 35.9 Å². The van der Waals surface area contributed by atoms with Crippen molar-refractivity contribution < 1.29 is 0 Å². The molecule has 3 rings (SSSR count). The lowest BCUT2D eigenvalue weighted by Gasteiger charge is -2.42. The molecule has 0 spiro atoms. The Morgan fingerprint density at radius 2 is 1.83 bits per heavy atom. The Hall–Kier alpha value is -0.860. The first-order valence-electron chi connectivity index (χ1n) is 7.38. The SMILES string of the molecule is CC1CNC(c2ccccc2)CN1C1CCCC1. The Balaban J connectivity index is 1.71.